The summed E-state index contributed by atoms with van der Waals surface area (Å²) in [6.45, 7) is 8.09. The molecule has 2 aliphatic heterocycles. The van der Waals surface area contributed by atoms with Gasteiger partial charge in [-0.05, 0) is 62.8 Å². The summed E-state index contributed by atoms with van der Waals surface area (Å²) in [5, 5.41) is 0. The monoisotopic (exact) mass is 356 g/mol. The SMILES string of the molecule is Cc1nccn1C[C@H]1CCCN(Cc2ccc(N3CCCC3)c(F)c2)C1. The number of benzene rings is 1. The average molecular weight is 356 g/mol. The summed E-state index contributed by atoms with van der Waals surface area (Å²) in [5.74, 6) is 1.67. The molecular weight excluding hydrogens is 327 g/mol. The van der Waals surface area contributed by atoms with E-state index in [-0.39, 0.29) is 5.82 Å². The Balaban J connectivity index is 1.37. The van der Waals surface area contributed by atoms with Crippen molar-refractivity contribution in [1.29, 1.82) is 0 Å². The summed E-state index contributed by atoms with van der Waals surface area (Å²) in [5.41, 5.74) is 1.86. The maximum atomic E-state index is 14.6. The molecule has 2 saturated heterocycles. The molecule has 1 aromatic carbocycles. The largest absolute Gasteiger partial charge is 0.369 e. The predicted octanol–water partition coefficient (Wildman–Crippen LogP) is 3.84. The molecule has 26 heavy (non-hydrogen) atoms. The molecule has 0 bridgehead atoms. The first-order valence-electron chi connectivity index (χ1n) is 9.92. The maximum absolute atomic E-state index is 14.6. The molecule has 5 heteroatoms. The Morgan fingerprint density at radius 1 is 1.15 bits per heavy atom. The van der Waals surface area contributed by atoms with E-state index in [0.29, 0.717) is 5.92 Å². The first-order valence-corrected chi connectivity index (χ1v) is 9.92. The van der Waals surface area contributed by atoms with Crippen molar-refractivity contribution in [2.75, 3.05) is 31.1 Å². The normalized spacial score (nSPS) is 21.5. The molecule has 0 unspecified atom stereocenters. The minimum Gasteiger partial charge on any atom is -0.369 e. The van der Waals surface area contributed by atoms with Gasteiger partial charge in [-0.25, -0.2) is 9.37 Å². The van der Waals surface area contributed by atoms with E-state index in [0.717, 1.165) is 56.3 Å². The molecule has 0 saturated carbocycles. The number of nitrogens with zero attached hydrogens (tertiary/aromatic N) is 4. The van der Waals surface area contributed by atoms with Crippen molar-refractivity contribution in [2.45, 2.75) is 45.7 Å². The lowest BCUT2D eigenvalue weighted by molar-refractivity contribution is 0.155. The first-order chi connectivity index (χ1) is 12.7. The van der Waals surface area contributed by atoms with Gasteiger partial charge in [-0.15, -0.1) is 0 Å². The van der Waals surface area contributed by atoms with Gasteiger partial charge in [-0.2, -0.15) is 0 Å². The van der Waals surface area contributed by atoms with Gasteiger partial charge in [0.15, 0.2) is 0 Å². The first kappa shape index (κ1) is 17.5. The Bertz CT molecular complexity index is 735. The van der Waals surface area contributed by atoms with Crippen LogP contribution in [0.4, 0.5) is 10.1 Å². The molecule has 1 aromatic heterocycles. The molecule has 3 heterocycles. The molecule has 0 N–H and O–H groups in total. The highest BCUT2D eigenvalue weighted by atomic mass is 19.1. The molecule has 1 atom stereocenters. The van der Waals surface area contributed by atoms with Gasteiger partial charge < -0.3 is 9.47 Å². The van der Waals surface area contributed by atoms with Gasteiger partial charge in [0.25, 0.3) is 0 Å². The number of likely N-dealkylation sites (tertiary alicyclic amines) is 1. The topological polar surface area (TPSA) is 24.3 Å². The molecule has 0 amide bonds. The van der Waals surface area contributed by atoms with Crippen LogP contribution in [0.15, 0.2) is 30.6 Å². The summed E-state index contributed by atoms with van der Waals surface area (Å²) < 4.78 is 16.8. The molecule has 2 aliphatic rings. The lowest BCUT2D eigenvalue weighted by Gasteiger charge is -2.33. The Hall–Kier alpha value is -1.88. The van der Waals surface area contributed by atoms with Gasteiger partial charge >= 0.3 is 0 Å². The highest BCUT2D eigenvalue weighted by molar-refractivity contribution is 5.49. The van der Waals surface area contributed by atoms with Crippen LogP contribution < -0.4 is 4.90 Å². The van der Waals surface area contributed by atoms with E-state index < -0.39 is 0 Å². The molecule has 4 rings (SSSR count). The minimum atomic E-state index is -0.0630. The van der Waals surface area contributed by atoms with Crippen LogP contribution in [0.2, 0.25) is 0 Å². The van der Waals surface area contributed by atoms with E-state index in [2.05, 4.69) is 38.5 Å². The van der Waals surface area contributed by atoms with Crippen LogP contribution in [-0.4, -0.2) is 40.6 Å². The smallest absolute Gasteiger partial charge is 0.146 e. The number of anilines is 1. The fourth-order valence-corrected chi connectivity index (χ4v) is 4.44. The van der Waals surface area contributed by atoms with Crippen molar-refractivity contribution in [3.8, 4) is 0 Å². The molecule has 140 valence electrons. The number of aromatic nitrogens is 2. The zero-order valence-corrected chi connectivity index (χ0v) is 15.7. The Kier molecular flexibility index (Phi) is 5.25. The van der Waals surface area contributed by atoms with Gasteiger partial charge in [0.05, 0.1) is 5.69 Å². The highest BCUT2D eigenvalue weighted by Gasteiger charge is 2.22. The Morgan fingerprint density at radius 3 is 2.73 bits per heavy atom. The van der Waals surface area contributed by atoms with E-state index in [1.165, 1.54) is 25.7 Å². The number of rotatable bonds is 5. The highest BCUT2D eigenvalue weighted by Crippen LogP contribution is 2.26. The predicted molar refractivity (Wildman–Crippen MR) is 103 cm³/mol. The molecule has 0 spiro atoms. The van der Waals surface area contributed by atoms with Gasteiger partial charge in [0.1, 0.15) is 11.6 Å². The van der Waals surface area contributed by atoms with Crippen molar-refractivity contribution in [1.82, 2.24) is 14.5 Å². The van der Waals surface area contributed by atoms with Crippen LogP contribution in [0.3, 0.4) is 0 Å². The van der Waals surface area contributed by atoms with Crippen LogP contribution in [0.25, 0.3) is 0 Å². The summed E-state index contributed by atoms with van der Waals surface area (Å²) in [7, 11) is 0. The second kappa shape index (κ2) is 7.78. The van der Waals surface area contributed by atoms with Gasteiger partial charge in [0, 0.05) is 45.1 Å². The van der Waals surface area contributed by atoms with Gasteiger partial charge in [-0.1, -0.05) is 6.07 Å². The molecule has 4 nitrogen and oxygen atoms in total. The maximum Gasteiger partial charge on any atom is 0.146 e. The van der Waals surface area contributed by atoms with Crippen molar-refractivity contribution < 1.29 is 4.39 Å². The number of halogens is 1. The van der Waals surface area contributed by atoms with E-state index >= 15 is 0 Å². The fourth-order valence-electron chi connectivity index (χ4n) is 4.44. The molecule has 2 fully saturated rings. The van der Waals surface area contributed by atoms with E-state index in [1.807, 2.05) is 12.3 Å². The summed E-state index contributed by atoms with van der Waals surface area (Å²) in [4.78, 5) is 8.97. The number of hydrogen-bond donors (Lipinski definition) is 0. The number of hydrogen-bond acceptors (Lipinski definition) is 3. The quantitative estimate of drug-likeness (QED) is 0.813. The van der Waals surface area contributed by atoms with E-state index in [1.54, 1.807) is 6.07 Å². The minimum absolute atomic E-state index is 0.0630. The zero-order chi connectivity index (χ0) is 17.9. The van der Waals surface area contributed by atoms with Crippen molar-refractivity contribution in [2.24, 2.45) is 5.92 Å². The number of imidazole rings is 1. The standard InChI is InChI=1S/C21H29FN4/c1-17-23-8-12-26(17)16-19-5-4-9-24(15-19)14-18-6-7-21(20(22)13-18)25-10-2-3-11-25/h6-8,12-13,19H,2-5,9-11,14-16H2,1H3/t19-/m0/s1. The molecule has 0 aliphatic carbocycles. The lowest BCUT2D eigenvalue weighted by atomic mass is 9.97. The van der Waals surface area contributed by atoms with Crippen molar-refractivity contribution in [3.63, 3.8) is 0 Å². The molecular formula is C21H29FN4. The van der Waals surface area contributed by atoms with Crippen molar-refractivity contribution >= 4 is 5.69 Å². The summed E-state index contributed by atoms with van der Waals surface area (Å²) in [6, 6.07) is 5.84. The second-order valence-corrected chi connectivity index (χ2v) is 7.85. The lowest BCUT2D eigenvalue weighted by Crippen LogP contribution is -2.36. The van der Waals surface area contributed by atoms with Crippen LogP contribution in [0.1, 0.15) is 37.1 Å². The van der Waals surface area contributed by atoms with Crippen LogP contribution in [-0.2, 0) is 13.1 Å². The summed E-state index contributed by atoms with van der Waals surface area (Å²) in [6.07, 6.45) is 8.77. The van der Waals surface area contributed by atoms with Crippen molar-refractivity contribution in [3.05, 3.63) is 47.8 Å². The third-order valence-electron chi connectivity index (χ3n) is 5.85. The number of aryl methyl sites for hydroxylation is 1. The zero-order valence-electron chi connectivity index (χ0n) is 15.7. The van der Waals surface area contributed by atoms with E-state index in [4.69, 9.17) is 0 Å². The van der Waals surface area contributed by atoms with E-state index in [9.17, 15) is 4.39 Å². The molecule has 0 radical (unpaired) electrons. The van der Waals surface area contributed by atoms with Gasteiger partial charge in [0.2, 0.25) is 0 Å². The second-order valence-electron chi connectivity index (χ2n) is 7.85. The fraction of sp³-hybridized carbons (Fsp3) is 0.571. The van der Waals surface area contributed by atoms with Crippen LogP contribution in [0, 0.1) is 18.7 Å². The van der Waals surface area contributed by atoms with Gasteiger partial charge in [-0.3, -0.25) is 4.90 Å². The third kappa shape index (κ3) is 3.93. The Labute approximate surface area is 155 Å². The average Bonchev–Trinajstić information content (AvgIpc) is 3.28. The third-order valence-corrected chi connectivity index (χ3v) is 5.85. The van der Waals surface area contributed by atoms with Crippen LogP contribution in [0.5, 0.6) is 0 Å². The van der Waals surface area contributed by atoms with Crippen LogP contribution >= 0.6 is 0 Å². The number of piperidine rings is 1. The Morgan fingerprint density at radius 2 is 2.00 bits per heavy atom. The summed E-state index contributed by atoms with van der Waals surface area (Å²) >= 11 is 0. The molecule has 2 aromatic rings.